The van der Waals surface area contributed by atoms with Crippen molar-refractivity contribution >= 4 is 22.5 Å². The minimum absolute atomic E-state index is 0.435. The molecule has 2 heterocycles. The van der Waals surface area contributed by atoms with Crippen molar-refractivity contribution < 1.29 is 5.11 Å². The first kappa shape index (κ1) is 12.1. The normalized spacial score (nSPS) is 12.9. The lowest BCUT2D eigenvalue weighted by atomic mass is 10.1. The Balaban J connectivity index is 2.40. The molecule has 0 bridgehead atoms. The Morgan fingerprint density at radius 1 is 1.65 bits per heavy atom. The second-order valence-corrected chi connectivity index (χ2v) is 4.36. The van der Waals surface area contributed by atoms with Crippen LogP contribution in [0.25, 0.3) is 10.9 Å². The highest BCUT2D eigenvalue weighted by atomic mass is 35.5. The van der Waals surface area contributed by atoms with E-state index in [2.05, 4.69) is 16.7 Å². The number of hydrogen-bond acceptors (Lipinski definition) is 3. The van der Waals surface area contributed by atoms with Crippen LogP contribution < -0.4 is 0 Å². The molecule has 0 amide bonds. The Morgan fingerprint density at radius 3 is 3.12 bits per heavy atom. The molecule has 1 N–H and O–H groups in total. The van der Waals surface area contributed by atoms with Crippen molar-refractivity contribution in [2.45, 2.75) is 18.9 Å². The average molecular weight is 252 g/mol. The molecule has 2 aromatic heterocycles. The zero-order chi connectivity index (χ0) is 12.4. The molecule has 0 radical (unpaired) electrons. The van der Waals surface area contributed by atoms with Crippen LogP contribution in [0.2, 0.25) is 5.15 Å². The minimum Gasteiger partial charge on any atom is -0.392 e. The first-order valence-corrected chi connectivity index (χ1v) is 5.75. The highest BCUT2D eigenvalue weighted by Gasteiger charge is 2.13. The van der Waals surface area contributed by atoms with E-state index in [0.29, 0.717) is 18.0 Å². The summed E-state index contributed by atoms with van der Waals surface area (Å²) in [7, 11) is 1.85. The molecule has 0 saturated carbocycles. The van der Waals surface area contributed by atoms with E-state index in [0.717, 1.165) is 16.6 Å². The number of fused-ring (bicyclic) bond motifs is 1. The number of aliphatic hydroxyl groups is 1. The summed E-state index contributed by atoms with van der Waals surface area (Å²) >= 11 is 5.87. The average Bonchev–Trinajstić information content (AvgIpc) is 2.55. The van der Waals surface area contributed by atoms with Gasteiger partial charge in [-0.3, -0.25) is 4.68 Å². The number of nitrogens with zero attached hydrogens (tertiary/aromatic N) is 3. The molecule has 1 atom stereocenters. The minimum atomic E-state index is -0.461. The molecule has 1 unspecified atom stereocenters. The van der Waals surface area contributed by atoms with Gasteiger partial charge in [0.2, 0.25) is 0 Å². The highest BCUT2D eigenvalue weighted by molar-refractivity contribution is 6.30. The maximum Gasteiger partial charge on any atom is 0.129 e. The van der Waals surface area contributed by atoms with E-state index >= 15 is 0 Å². The standard InChI is InChI=1S/C12H14ClN3O/c1-3-4-8(17)5-10-9-6-12(13)14-7-11(9)16(2)15-10/h3,6-8,17H,1,4-5H2,2H3. The third-order valence-electron chi connectivity index (χ3n) is 2.65. The van der Waals surface area contributed by atoms with Gasteiger partial charge in [0.25, 0.3) is 0 Å². The third-order valence-corrected chi connectivity index (χ3v) is 2.85. The van der Waals surface area contributed by atoms with Crippen molar-refractivity contribution in [2.24, 2.45) is 7.05 Å². The zero-order valence-electron chi connectivity index (χ0n) is 9.60. The van der Waals surface area contributed by atoms with Crippen molar-refractivity contribution in [1.29, 1.82) is 0 Å². The van der Waals surface area contributed by atoms with Gasteiger partial charge in [-0.05, 0) is 12.5 Å². The number of halogens is 1. The van der Waals surface area contributed by atoms with Crippen LogP contribution in [0.1, 0.15) is 12.1 Å². The quantitative estimate of drug-likeness (QED) is 0.669. The van der Waals surface area contributed by atoms with Crippen molar-refractivity contribution in [3.8, 4) is 0 Å². The van der Waals surface area contributed by atoms with Crippen molar-refractivity contribution in [2.75, 3.05) is 0 Å². The summed E-state index contributed by atoms with van der Waals surface area (Å²) in [4.78, 5) is 4.02. The van der Waals surface area contributed by atoms with Crippen LogP contribution in [0.15, 0.2) is 24.9 Å². The summed E-state index contributed by atoms with van der Waals surface area (Å²) in [5.74, 6) is 0. The molecule has 5 heteroatoms. The maximum absolute atomic E-state index is 9.77. The van der Waals surface area contributed by atoms with E-state index < -0.39 is 6.10 Å². The molecule has 0 aromatic carbocycles. The highest BCUT2D eigenvalue weighted by Crippen LogP contribution is 2.21. The molecule has 0 aliphatic heterocycles. The fourth-order valence-electron chi connectivity index (χ4n) is 1.85. The van der Waals surface area contributed by atoms with Gasteiger partial charge in [0.05, 0.1) is 23.5 Å². The largest absolute Gasteiger partial charge is 0.392 e. The van der Waals surface area contributed by atoms with Crippen LogP contribution in [0.3, 0.4) is 0 Å². The van der Waals surface area contributed by atoms with Crippen LogP contribution in [-0.4, -0.2) is 26.0 Å². The Bertz CT molecular complexity index is 550. The van der Waals surface area contributed by atoms with Gasteiger partial charge in [-0.1, -0.05) is 17.7 Å². The SMILES string of the molecule is C=CCC(O)Cc1nn(C)c2cnc(Cl)cc12. The lowest BCUT2D eigenvalue weighted by molar-refractivity contribution is 0.177. The Morgan fingerprint density at radius 2 is 2.41 bits per heavy atom. The molecule has 0 saturated heterocycles. The predicted molar refractivity (Wildman–Crippen MR) is 68.0 cm³/mol. The maximum atomic E-state index is 9.77. The van der Waals surface area contributed by atoms with Gasteiger partial charge >= 0.3 is 0 Å². The van der Waals surface area contributed by atoms with Crippen molar-refractivity contribution in [1.82, 2.24) is 14.8 Å². The molecule has 17 heavy (non-hydrogen) atoms. The Labute approximate surface area is 105 Å². The van der Waals surface area contributed by atoms with Gasteiger partial charge < -0.3 is 5.11 Å². The third kappa shape index (κ3) is 2.48. The van der Waals surface area contributed by atoms with E-state index in [1.807, 2.05) is 7.05 Å². The van der Waals surface area contributed by atoms with Crippen LogP contribution in [0, 0.1) is 0 Å². The molecule has 2 aromatic rings. The fourth-order valence-corrected chi connectivity index (χ4v) is 2.01. The molecular formula is C12H14ClN3O. The molecule has 4 nitrogen and oxygen atoms in total. The molecule has 0 aliphatic rings. The zero-order valence-corrected chi connectivity index (χ0v) is 10.4. The predicted octanol–water partition coefficient (Wildman–Crippen LogP) is 2.10. The monoisotopic (exact) mass is 251 g/mol. The van der Waals surface area contributed by atoms with Crippen LogP contribution in [0.4, 0.5) is 0 Å². The van der Waals surface area contributed by atoms with Gasteiger partial charge in [-0.2, -0.15) is 5.10 Å². The van der Waals surface area contributed by atoms with E-state index in [1.54, 1.807) is 23.0 Å². The molecular weight excluding hydrogens is 238 g/mol. The van der Waals surface area contributed by atoms with Crippen molar-refractivity contribution in [3.63, 3.8) is 0 Å². The number of aliphatic hydroxyl groups excluding tert-OH is 1. The lowest BCUT2D eigenvalue weighted by Crippen LogP contribution is -2.09. The number of hydrogen-bond donors (Lipinski definition) is 1. The van der Waals surface area contributed by atoms with Gasteiger partial charge in [0.1, 0.15) is 5.15 Å². The molecule has 90 valence electrons. The second kappa shape index (κ2) is 4.85. The first-order chi connectivity index (χ1) is 8.11. The number of rotatable bonds is 4. The van der Waals surface area contributed by atoms with Crippen molar-refractivity contribution in [3.05, 3.63) is 35.8 Å². The number of aromatic nitrogens is 3. The van der Waals surface area contributed by atoms with Crippen LogP contribution >= 0.6 is 11.6 Å². The molecule has 2 rings (SSSR count). The summed E-state index contributed by atoms with van der Waals surface area (Å²) in [6.45, 7) is 3.61. The smallest absolute Gasteiger partial charge is 0.129 e. The Hall–Kier alpha value is -1.39. The Kier molecular flexibility index (Phi) is 3.45. The summed E-state index contributed by atoms with van der Waals surface area (Å²) in [6.07, 6.45) is 3.97. The summed E-state index contributed by atoms with van der Waals surface area (Å²) < 4.78 is 1.74. The summed E-state index contributed by atoms with van der Waals surface area (Å²) in [6, 6.07) is 1.78. The van der Waals surface area contributed by atoms with E-state index in [1.165, 1.54) is 0 Å². The van der Waals surface area contributed by atoms with Gasteiger partial charge in [-0.15, -0.1) is 6.58 Å². The number of aryl methyl sites for hydroxylation is 1. The van der Waals surface area contributed by atoms with Crippen LogP contribution in [0.5, 0.6) is 0 Å². The summed E-state index contributed by atoms with van der Waals surface area (Å²) in [5.41, 5.74) is 1.75. The summed E-state index contributed by atoms with van der Waals surface area (Å²) in [5, 5.41) is 15.5. The first-order valence-electron chi connectivity index (χ1n) is 5.38. The lowest BCUT2D eigenvalue weighted by Gasteiger charge is -2.05. The van der Waals surface area contributed by atoms with E-state index in [9.17, 15) is 5.11 Å². The molecule has 0 spiro atoms. The molecule has 0 aliphatic carbocycles. The second-order valence-electron chi connectivity index (χ2n) is 3.98. The van der Waals surface area contributed by atoms with Gasteiger partial charge in [0.15, 0.2) is 0 Å². The van der Waals surface area contributed by atoms with Gasteiger partial charge in [-0.25, -0.2) is 4.98 Å². The number of pyridine rings is 1. The topological polar surface area (TPSA) is 50.9 Å². The molecule has 0 fully saturated rings. The van der Waals surface area contributed by atoms with Gasteiger partial charge in [0, 0.05) is 18.9 Å². The van der Waals surface area contributed by atoms with Crippen LogP contribution in [-0.2, 0) is 13.5 Å². The van der Waals surface area contributed by atoms with E-state index in [4.69, 9.17) is 11.6 Å². The van der Waals surface area contributed by atoms with E-state index in [-0.39, 0.29) is 0 Å². The fraction of sp³-hybridized carbons (Fsp3) is 0.333.